The minimum atomic E-state index is -0.179. The van der Waals surface area contributed by atoms with Gasteiger partial charge in [-0.2, -0.15) is 0 Å². The molecule has 1 aromatic carbocycles. The predicted molar refractivity (Wildman–Crippen MR) is 91.7 cm³/mol. The maximum Gasteiger partial charge on any atom is 0.269 e. The van der Waals surface area contributed by atoms with Gasteiger partial charge in [0.2, 0.25) is 0 Å². The highest BCUT2D eigenvalue weighted by Crippen LogP contribution is 2.22. The molecule has 0 aliphatic carbocycles. The van der Waals surface area contributed by atoms with Gasteiger partial charge < -0.3 is 10.4 Å². The number of pyridine rings is 1. The van der Waals surface area contributed by atoms with Crippen LogP contribution in [0.25, 0.3) is 10.6 Å². The Balaban J connectivity index is 1.60. The molecule has 0 radical (unpaired) electrons. The van der Waals surface area contributed by atoms with Crippen molar-refractivity contribution in [3.63, 3.8) is 0 Å². The minimum absolute atomic E-state index is 0.179. The molecule has 2 aromatic heterocycles. The number of phenols is 1. The molecular weight excluding hydrogens is 308 g/mol. The fraction of sp³-hybridized carbons (Fsp3) is 0.111. The molecule has 3 rings (SSSR count). The first kappa shape index (κ1) is 15.2. The van der Waals surface area contributed by atoms with Crippen LogP contribution in [0.4, 0.5) is 0 Å². The smallest absolute Gasteiger partial charge is 0.269 e. The molecule has 0 saturated carbocycles. The maximum absolute atomic E-state index is 12.2. The van der Waals surface area contributed by atoms with Crippen molar-refractivity contribution in [2.24, 2.45) is 0 Å². The number of aromatic hydroxyl groups is 1. The van der Waals surface area contributed by atoms with E-state index in [9.17, 15) is 9.90 Å². The second-order valence-electron chi connectivity index (χ2n) is 5.06. The van der Waals surface area contributed by atoms with Crippen molar-refractivity contribution >= 4 is 17.2 Å². The molecule has 2 N–H and O–H groups in total. The number of thiophene rings is 1. The third kappa shape index (κ3) is 3.96. The summed E-state index contributed by atoms with van der Waals surface area (Å²) in [6, 6.07) is 16.4. The average Bonchev–Trinajstić information content (AvgIpc) is 3.11. The molecule has 0 spiro atoms. The Morgan fingerprint density at radius 1 is 1.09 bits per heavy atom. The Morgan fingerprint density at radius 3 is 2.65 bits per heavy atom. The van der Waals surface area contributed by atoms with Crippen molar-refractivity contribution in [1.82, 2.24) is 10.3 Å². The lowest BCUT2D eigenvalue weighted by atomic mass is 10.1. The molecule has 2 heterocycles. The first-order valence-corrected chi connectivity index (χ1v) is 8.17. The summed E-state index contributed by atoms with van der Waals surface area (Å²) in [5.74, 6) is 0.0644. The number of hydrogen-bond donors (Lipinski definition) is 2. The molecular formula is C18H16N2O2S. The molecule has 116 valence electrons. The summed E-state index contributed by atoms with van der Waals surface area (Å²) in [6.45, 7) is 0.522. The maximum atomic E-state index is 12.2. The van der Waals surface area contributed by atoms with Crippen LogP contribution in [0.3, 0.4) is 0 Å². The summed E-state index contributed by atoms with van der Waals surface area (Å²) in [7, 11) is 0. The SMILES string of the molecule is O=C(NCCc1ccc(O)cc1)c1cccc(-c2cccs2)n1. The number of aromatic nitrogens is 1. The Bertz CT molecular complexity index is 783. The van der Waals surface area contributed by atoms with Gasteiger partial charge in [-0.3, -0.25) is 4.79 Å². The van der Waals surface area contributed by atoms with Gasteiger partial charge in [0.15, 0.2) is 0 Å². The molecule has 0 aliphatic heterocycles. The quantitative estimate of drug-likeness (QED) is 0.755. The third-order valence-corrected chi connectivity index (χ3v) is 4.28. The van der Waals surface area contributed by atoms with E-state index in [1.807, 2.05) is 41.8 Å². The first-order valence-electron chi connectivity index (χ1n) is 7.29. The summed E-state index contributed by atoms with van der Waals surface area (Å²) < 4.78 is 0. The van der Waals surface area contributed by atoms with Gasteiger partial charge >= 0.3 is 0 Å². The highest BCUT2D eigenvalue weighted by atomic mass is 32.1. The van der Waals surface area contributed by atoms with Crippen molar-refractivity contribution in [1.29, 1.82) is 0 Å². The molecule has 0 aliphatic rings. The number of hydrogen-bond acceptors (Lipinski definition) is 4. The number of rotatable bonds is 5. The van der Waals surface area contributed by atoms with E-state index in [-0.39, 0.29) is 11.7 Å². The van der Waals surface area contributed by atoms with Crippen LogP contribution in [-0.2, 0) is 6.42 Å². The van der Waals surface area contributed by atoms with Crippen molar-refractivity contribution < 1.29 is 9.90 Å². The molecule has 5 heteroatoms. The summed E-state index contributed by atoms with van der Waals surface area (Å²) in [5, 5.41) is 14.1. The summed E-state index contributed by atoms with van der Waals surface area (Å²) in [5.41, 5.74) is 2.29. The summed E-state index contributed by atoms with van der Waals surface area (Å²) >= 11 is 1.60. The van der Waals surface area contributed by atoms with Crippen LogP contribution in [-0.4, -0.2) is 22.5 Å². The lowest BCUT2D eigenvalue weighted by Crippen LogP contribution is -2.26. The van der Waals surface area contributed by atoms with Gasteiger partial charge in [-0.15, -0.1) is 11.3 Å². The lowest BCUT2D eigenvalue weighted by molar-refractivity contribution is 0.0949. The van der Waals surface area contributed by atoms with Gasteiger partial charge in [-0.1, -0.05) is 24.3 Å². The van der Waals surface area contributed by atoms with Crippen LogP contribution in [0, 0.1) is 0 Å². The standard InChI is InChI=1S/C18H16N2O2S/c21-14-8-6-13(7-9-14)10-11-19-18(22)16-4-1-3-15(20-16)17-5-2-12-23-17/h1-9,12,21H,10-11H2,(H,19,22). The number of benzene rings is 1. The van der Waals surface area contributed by atoms with E-state index >= 15 is 0 Å². The van der Waals surface area contributed by atoms with E-state index in [0.29, 0.717) is 18.7 Å². The Morgan fingerprint density at radius 2 is 1.91 bits per heavy atom. The van der Waals surface area contributed by atoms with Crippen molar-refractivity contribution in [2.45, 2.75) is 6.42 Å². The zero-order valence-electron chi connectivity index (χ0n) is 12.4. The van der Waals surface area contributed by atoms with E-state index in [4.69, 9.17) is 0 Å². The number of nitrogens with zero attached hydrogens (tertiary/aromatic N) is 1. The van der Waals surface area contributed by atoms with E-state index in [0.717, 1.165) is 16.1 Å². The second-order valence-corrected chi connectivity index (χ2v) is 6.01. The molecule has 0 bridgehead atoms. The van der Waals surface area contributed by atoms with Crippen molar-refractivity contribution in [3.8, 4) is 16.3 Å². The zero-order valence-corrected chi connectivity index (χ0v) is 13.2. The fourth-order valence-corrected chi connectivity index (χ4v) is 2.89. The van der Waals surface area contributed by atoms with Gasteiger partial charge in [-0.05, 0) is 47.7 Å². The summed E-state index contributed by atoms with van der Waals surface area (Å²) in [6.07, 6.45) is 0.705. The second kappa shape index (κ2) is 7.07. The van der Waals surface area contributed by atoms with Gasteiger partial charge in [0.25, 0.3) is 5.91 Å². The fourth-order valence-electron chi connectivity index (χ4n) is 2.20. The zero-order chi connectivity index (χ0) is 16.1. The number of phenolic OH excluding ortho intramolecular Hbond substituents is 1. The molecule has 1 amide bonds. The van der Waals surface area contributed by atoms with E-state index in [2.05, 4.69) is 10.3 Å². The third-order valence-electron chi connectivity index (χ3n) is 3.39. The minimum Gasteiger partial charge on any atom is -0.508 e. The molecule has 3 aromatic rings. The Hall–Kier alpha value is -2.66. The average molecular weight is 324 g/mol. The van der Waals surface area contributed by atoms with Crippen molar-refractivity contribution in [3.05, 3.63) is 71.2 Å². The monoisotopic (exact) mass is 324 g/mol. The first-order chi connectivity index (χ1) is 11.2. The molecule has 4 nitrogen and oxygen atoms in total. The normalized spacial score (nSPS) is 10.4. The van der Waals surface area contributed by atoms with Crippen LogP contribution in [0.15, 0.2) is 60.0 Å². The molecule has 0 fully saturated rings. The van der Waals surface area contributed by atoms with Gasteiger partial charge in [0.1, 0.15) is 11.4 Å². The van der Waals surface area contributed by atoms with Crippen LogP contribution in [0.2, 0.25) is 0 Å². The lowest BCUT2D eigenvalue weighted by Gasteiger charge is -2.06. The highest BCUT2D eigenvalue weighted by molar-refractivity contribution is 7.13. The number of nitrogens with one attached hydrogen (secondary N) is 1. The van der Waals surface area contributed by atoms with Crippen LogP contribution in [0.5, 0.6) is 5.75 Å². The molecule has 0 unspecified atom stereocenters. The summed E-state index contributed by atoms with van der Waals surface area (Å²) in [4.78, 5) is 17.7. The van der Waals surface area contributed by atoms with Crippen LogP contribution in [0.1, 0.15) is 16.1 Å². The number of carbonyl (C=O) groups is 1. The Kier molecular flexibility index (Phi) is 4.68. The van der Waals surface area contributed by atoms with Gasteiger partial charge in [-0.25, -0.2) is 4.98 Å². The van der Waals surface area contributed by atoms with Gasteiger partial charge in [0, 0.05) is 6.54 Å². The number of carbonyl (C=O) groups excluding carboxylic acids is 1. The topological polar surface area (TPSA) is 62.2 Å². The van der Waals surface area contributed by atoms with E-state index in [1.165, 1.54) is 0 Å². The van der Waals surface area contributed by atoms with E-state index < -0.39 is 0 Å². The van der Waals surface area contributed by atoms with Crippen molar-refractivity contribution in [2.75, 3.05) is 6.54 Å². The highest BCUT2D eigenvalue weighted by Gasteiger charge is 2.09. The molecule has 0 saturated heterocycles. The van der Waals surface area contributed by atoms with Gasteiger partial charge in [0.05, 0.1) is 10.6 Å². The number of amides is 1. The largest absolute Gasteiger partial charge is 0.508 e. The molecule has 23 heavy (non-hydrogen) atoms. The van der Waals surface area contributed by atoms with Crippen LogP contribution < -0.4 is 5.32 Å². The van der Waals surface area contributed by atoms with Crippen LogP contribution >= 0.6 is 11.3 Å². The van der Waals surface area contributed by atoms with E-state index in [1.54, 1.807) is 29.5 Å². The molecule has 0 atom stereocenters. The predicted octanol–water partition coefficient (Wildman–Crippen LogP) is 3.49. The Labute approximate surface area is 138 Å².